The van der Waals surface area contributed by atoms with Crippen LogP contribution in [0.4, 0.5) is 0 Å². The average molecular weight is 1730 g/mol. The Balaban J connectivity index is 4.59. The molecule has 0 aromatic rings. The Morgan fingerprint density at radius 1 is 0.240 bits per heavy atom. The van der Waals surface area contributed by atoms with Crippen molar-refractivity contribution in [3.05, 3.63) is 158 Å². The summed E-state index contributed by atoms with van der Waals surface area (Å²) in [5, 5.41) is 20.8. The quantitative estimate of drug-likeness (QED) is 0.0146. The maximum absolute atomic E-state index is 13.1. The van der Waals surface area contributed by atoms with E-state index in [1.165, 1.54) is 205 Å². The molecule has 0 aromatic heterocycles. The molecule has 696 valence electrons. The summed E-state index contributed by atoms with van der Waals surface area (Å²) in [6.07, 6.45) is 121. The number of phosphoric ester groups is 2. The molecule has 5 unspecified atom stereocenters. The van der Waals surface area contributed by atoms with Gasteiger partial charge in [-0.2, -0.15) is 0 Å². The molecule has 0 heterocycles. The van der Waals surface area contributed by atoms with E-state index in [2.05, 4.69) is 179 Å². The molecule has 0 aliphatic rings. The number of aliphatic hydroxyl groups excluding tert-OH is 2. The van der Waals surface area contributed by atoms with Gasteiger partial charge in [-0.1, -0.05) is 403 Å². The Kier molecular flexibility index (Phi) is 90.5. The van der Waals surface area contributed by atoms with E-state index < -0.39 is 91.5 Å². The minimum atomic E-state index is -4.95. The van der Waals surface area contributed by atoms with E-state index in [0.717, 1.165) is 154 Å². The highest BCUT2D eigenvalue weighted by molar-refractivity contribution is 7.47. The Morgan fingerprint density at radius 2 is 0.438 bits per heavy atom. The molecule has 0 rings (SSSR count). The van der Waals surface area contributed by atoms with Gasteiger partial charge in [-0.05, 0) is 154 Å². The third-order valence-corrected chi connectivity index (χ3v) is 22.6. The van der Waals surface area contributed by atoms with E-state index in [9.17, 15) is 43.5 Å². The van der Waals surface area contributed by atoms with Gasteiger partial charge in [-0.15, -0.1) is 0 Å². The highest BCUT2D eigenvalue weighted by atomic mass is 31.2. The summed E-state index contributed by atoms with van der Waals surface area (Å²) in [5.41, 5.74) is 0. The molecule has 121 heavy (non-hydrogen) atoms. The minimum Gasteiger partial charge on any atom is -0.463 e. The molecule has 0 bridgehead atoms. The average Bonchev–Trinajstić information content (AvgIpc) is 0.908. The SMILES string of the molecule is CC/C=C\C/C=C\C/C=C\C/C=C\C/C=C\CCCCCCCCCCCCCCCCCCCC(=O)OCC(O)COP(=O)(O)OCC(O)COP(=O)(O)OCC(COC(=O)CCCCCCCCCCCCC/C=C\C/C=C\C/C=C\C/C=C\CCCCC)OC(=O)CCCCCCCCCCC/C=C\C/C=C\C/C=C\C/C=C\CCCCC. The van der Waals surface area contributed by atoms with Crippen LogP contribution in [-0.2, 0) is 55.8 Å². The van der Waals surface area contributed by atoms with Gasteiger partial charge < -0.3 is 34.2 Å². The number of hydrogen-bond donors (Lipinski definition) is 4. The molecule has 0 saturated heterocycles. The highest BCUT2D eigenvalue weighted by Gasteiger charge is 2.30. The Labute approximate surface area is 740 Å². The zero-order valence-corrected chi connectivity index (χ0v) is 78.7. The summed E-state index contributed by atoms with van der Waals surface area (Å²) in [7, 11) is -9.82. The molecule has 0 aliphatic carbocycles. The monoisotopic (exact) mass is 1730 g/mol. The number of carbonyl (C=O) groups excluding carboxylic acids is 3. The number of aliphatic hydroxyl groups is 2. The van der Waals surface area contributed by atoms with Gasteiger partial charge in [0.25, 0.3) is 0 Å². The first-order valence-corrected chi connectivity index (χ1v) is 51.8. The summed E-state index contributed by atoms with van der Waals surface area (Å²) in [5.74, 6) is -1.57. The summed E-state index contributed by atoms with van der Waals surface area (Å²) in [6.45, 7) is 2.57. The number of carbonyl (C=O) groups is 3. The molecule has 0 aliphatic heterocycles. The molecule has 16 nitrogen and oxygen atoms in total. The van der Waals surface area contributed by atoms with Gasteiger partial charge in [0.15, 0.2) is 6.10 Å². The maximum Gasteiger partial charge on any atom is 0.472 e. The molecule has 0 saturated carbocycles. The fraction of sp³-hybridized carbons (Fsp3) is 0.718. The molecule has 0 spiro atoms. The molecular weight excluding hydrogens is 1560 g/mol. The number of hydrogen-bond acceptors (Lipinski definition) is 14. The normalized spacial score (nSPS) is 14.4. The number of unbranched alkanes of at least 4 members (excludes halogenated alkanes) is 43. The largest absolute Gasteiger partial charge is 0.472 e. The fourth-order valence-electron chi connectivity index (χ4n) is 13.3. The van der Waals surface area contributed by atoms with Crippen molar-refractivity contribution in [1.82, 2.24) is 0 Å². The van der Waals surface area contributed by atoms with Gasteiger partial charge in [-0.25, -0.2) is 9.13 Å². The predicted molar refractivity (Wildman–Crippen MR) is 509 cm³/mol. The lowest BCUT2D eigenvalue weighted by Gasteiger charge is -2.21. The Bertz CT molecular complexity index is 2830. The summed E-state index contributed by atoms with van der Waals surface area (Å²) < 4.78 is 61.6. The van der Waals surface area contributed by atoms with E-state index in [1.807, 2.05) is 0 Å². The lowest BCUT2D eigenvalue weighted by atomic mass is 10.0. The van der Waals surface area contributed by atoms with E-state index in [4.69, 9.17) is 32.3 Å². The molecule has 0 aromatic carbocycles. The van der Waals surface area contributed by atoms with Crippen molar-refractivity contribution in [3.8, 4) is 0 Å². The van der Waals surface area contributed by atoms with Crippen LogP contribution >= 0.6 is 15.6 Å². The van der Waals surface area contributed by atoms with E-state index in [0.29, 0.717) is 19.3 Å². The lowest BCUT2D eigenvalue weighted by molar-refractivity contribution is -0.161. The van der Waals surface area contributed by atoms with Crippen molar-refractivity contribution < 1.29 is 75.8 Å². The first-order chi connectivity index (χ1) is 59.2. The number of allylic oxidation sites excluding steroid dienone is 26. The van der Waals surface area contributed by atoms with E-state index in [1.54, 1.807) is 0 Å². The second kappa shape index (κ2) is 94.3. The topological polar surface area (TPSA) is 231 Å². The standard InChI is InChI=1S/C103H178O16P2/c1-4-7-10-13-16-19-22-25-28-31-34-37-40-43-45-46-47-48-49-50-52-55-56-59-62-65-68-71-74-77-80-83-86-89-101(106)113-92-98(104)93-115-120(109,110)116-94-99(105)95-117-121(111,112)118-97-100(119-103(108)91-88-85-82-79-76-73-70-67-64-61-58-53-42-39-36-33-30-27-24-21-18-15-12-9-6-3)96-114-102(107)90-87-84-81-78-75-72-69-66-63-60-57-54-51-44-41-38-35-32-29-26-23-20-17-14-11-8-5-2/h7,10,16-21,25-30,34-39,43-45,51,53,58,98-100,104-105H,4-6,8-9,11-15,22-24,31-33,40-42,46-50,52,54-57,59-97H2,1-3H3,(H,109,110)(H,111,112)/b10-7-,19-16-,20-17-,21-18-,28-25-,29-26-,30-27-,37-34-,38-35-,39-36-,45-43-,51-44-,58-53-. The van der Waals surface area contributed by atoms with Crippen LogP contribution < -0.4 is 0 Å². The fourth-order valence-corrected chi connectivity index (χ4v) is 14.9. The van der Waals surface area contributed by atoms with Crippen molar-refractivity contribution in [3.63, 3.8) is 0 Å². The van der Waals surface area contributed by atoms with Gasteiger partial charge in [-0.3, -0.25) is 32.5 Å². The summed E-state index contributed by atoms with van der Waals surface area (Å²) in [6, 6.07) is 0. The van der Waals surface area contributed by atoms with Crippen molar-refractivity contribution in [2.75, 3.05) is 39.6 Å². The van der Waals surface area contributed by atoms with Crippen molar-refractivity contribution >= 4 is 33.6 Å². The van der Waals surface area contributed by atoms with E-state index in [-0.39, 0.29) is 19.3 Å². The molecule has 4 N–H and O–H groups in total. The van der Waals surface area contributed by atoms with Crippen LogP contribution in [-0.4, -0.2) is 95.9 Å². The second-order valence-electron chi connectivity index (χ2n) is 32.5. The lowest BCUT2D eigenvalue weighted by Crippen LogP contribution is -2.30. The maximum atomic E-state index is 13.1. The first kappa shape index (κ1) is 116. The summed E-state index contributed by atoms with van der Waals surface area (Å²) >= 11 is 0. The van der Waals surface area contributed by atoms with Crippen molar-refractivity contribution in [2.45, 2.75) is 437 Å². The van der Waals surface area contributed by atoms with Crippen LogP contribution in [0.5, 0.6) is 0 Å². The van der Waals surface area contributed by atoms with Crippen LogP contribution in [0.1, 0.15) is 419 Å². The molecule has 5 atom stereocenters. The van der Waals surface area contributed by atoms with Crippen LogP contribution in [0.3, 0.4) is 0 Å². The summed E-state index contributed by atoms with van der Waals surface area (Å²) in [4.78, 5) is 59.1. The molecule has 0 radical (unpaired) electrons. The van der Waals surface area contributed by atoms with Gasteiger partial charge in [0, 0.05) is 19.3 Å². The van der Waals surface area contributed by atoms with Gasteiger partial charge in [0.2, 0.25) is 0 Å². The minimum absolute atomic E-state index is 0.0941. The smallest absolute Gasteiger partial charge is 0.463 e. The third kappa shape index (κ3) is 95.7. The molecule has 0 amide bonds. The van der Waals surface area contributed by atoms with Crippen LogP contribution in [0.25, 0.3) is 0 Å². The Morgan fingerprint density at radius 3 is 0.694 bits per heavy atom. The predicted octanol–water partition coefficient (Wildman–Crippen LogP) is 30.5. The zero-order chi connectivity index (χ0) is 87.9. The van der Waals surface area contributed by atoms with Crippen molar-refractivity contribution in [1.29, 1.82) is 0 Å². The van der Waals surface area contributed by atoms with Crippen molar-refractivity contribution in [2.24, 2.45) is 0 Å². The second-order valence-corrected chi connectivity index (χ2v) is 35.4. The first-order valence-electron chi connectivity index (χ1n) is 48.8. The van der Waals surface area contributed by atoms with Crippen LogP contribution in [0.2, 0.25) is 0 Å². The molecule has 18 heteroatoms. The van der Waals surface area contributed by atoms with E-state index >= 15 is 0 Å². The third-order valence-electron chi connectivity index (χ3n) is 20.7. The van der Waals surface area contributed by atoms with Gasteiger partial charge >= 0.3 is 33.6 Å². The number of esters is 3. The molecule has 0 fully saturated rings. The number of phosphoric acid groups is 2. The van der Waals surface area contributed by atoms with Gasteiger partial charge in [0.1, 0.15) is 25.4 Å². The van der Waals surface area contributed by atoms with Gasteiger partial charge in [0.05, 0.1) is 26.4 Å². The number of rotatable bonds is 92. The molecular formula is C103H178O16P2. The highest BCUT2D eigenvalue weighted by Crippen LogP contribution is 2.45. The zero-order valence-electron chi connectivity index (χ0n) is 76.9. The Hall–Kier alpha value is -4.83. The number of ether oxygens (including phenoxy) is 3. The van der Waals surface area contributed by atoms with Crippen LogP contribution in [0, 0.1) is 0 Å². The van der Waals surface area contributed by atoms with Crippen LogP contribution in [0.15, 0.2) is 158 Å².